The van der Waals surface area contributed by atoms with E-state index in [0.717, 1.165) is 39.0 Å². The quantitative estimate of drug-likeness (QED) is 0.436. The largest absolute Gasteiger partial charge is 0.497 e. The number of aryl methyl sites for hydroxylation is 1. The maximum atomic E-state index is 13.0. The Morgan fingerprint density at radius 1 is 0.929 bits per heavy atom. The number of hydrogen-bond donors (Lipinski definition) is 0. The van der Waals surface area contributed by atoms with E-state index >= 15 is 0 Å². The van der Waals surface area contributed by atoms with E-state index in [-0.39, 0.29) is 5.76 Å². The molecular formula is C24H18O4. The van der Waals surface area contributed by atoms with Crippen molar-refractivity contribution < 1.29 is 18.7 Å². The van der Waals surface area contributed by atoms with Crippen LogP contribution in [0.3, 0.4) is 0 Å². The Kier molecular flexibility index (Phi) is 3.72. The lowest BCUT2D eigenvalue weighted by Gasteiger charge is -2.14. The third-order valence-corrected chi connectivity index (χ3v) is 5.33. The van der Waals surface area contributed by atoms with E-state index in [4.69, 9.17) is 13.9 Å². The third-order valence-electron chi connectivity index (χ3n) is 5.33. The van der Waals surface area contributed by atoms with Gasteiger partial charge in [-0.25, -0.2) is 4.79 Å². The van der Waals surface area contributed by atoms with E-state index in [1.54, 1.807) is 13.2 Å². The number of carbonyl (C=O) groups is 1. The van der Waals surface area contributed by atoms with Crippen LogP contribution in [0.1, 0.15) is 33.3 Å². The molecule has 0 amide bonds. The first-order valence-corrected chi connectivity index (χ1v) is 9.13. The zero-order chi connectivity index (χ0) is 19.3. The first kappa shape index (κ1) is 16.6. The number of fused-ring (bicyclic) bond motifs is 4. The van der Waals surface area contributed by atoms with E-state index in [9.17, 15) is 4.79 Å². The van der Waals surface area contributed by atoms with Gasteiger partial charge in [-0.05, 0) is 36.2 Å². The van der Waals surface area contributed by atoms with E-state index in [1.807, 2.05) is 55.5 Å². The highest BCUT2D eigenvalue weighted by Crippen LogP contribution is 2.45. The van der Waals surface area contributed by atoms with Crippen LogP contribution in [0.4, 0.5) is 0 Å². The Balaban J connectivity index is 1.54. The summed E-state index contributed by atoms with van der Waals surface area (Å²) in [7, 11) is 1.61. The molecule has 1 aliphatic rings. The second-order valence-corrected chi connectivity index (χ2v) is 6.88. The molecule has 1 heterocycles. The van der Waals surface area contributed by atoms with Crippen molar-refractivity contribution >= 4 is 16.9 Å². The molecule has 28 heavy (non-hydrogen) atoms. The summed E-state index contributed by atoms with van der Waals surface area (Å²) in [5.41, 5.74) is 5.57. The maximum absolute atomic E-state index is 13.0. The van der Waals surface area contributed by atoms with Crippen LogP contribution in [0.2, 0.25) is 0 Å². The van der Waals surface area contributed by atoms with Crippen LogP contribution < -0.4 is 4.74 Å². The Bertz CT molecular complexity index is 1170. The predicted octanol–water partition coefficient (Wildman–Crippen LogP) is 5.68. The molecule has 0 bridgehead atoms. The van der Waals surface area contributed by atoms with Gasteiger partial charge in [-0.1, -0.05) is 48.5 Å². The van der Waals surface area contributed by atoms with Gasteiger partial charge in [0.15, 0.2) is 6.10 Å². The molecule has 3 aromatic carbocycles. The summed E-state index contributed by atoms with van der Waals surface area (Å²) >= 11 is 0. The van der Waals surface area contributed by atoms with Gasteiger partial charge >= 0.3 is 5.97 Å². The minimum absolute atomic E-state index is 0.227. The maximum Gasteiger partial charge on any atom is 0.375 e. The first-order valence-electron chi connectivity index (χ1n) is 9.13. The molecule has 0 N–H and O–H groups in total. The van der Waals surface area contributed by atoms with Crippen LogP contribution in [-0.4, -0.2) is 13.1 Å². The van der Waals surface area contributed by atoms with Crippen LogP contribution in [0.15, 0.2) is 71.1 Å². The lowest BCUT2D eigenvalue weighted by atomic mass is 10.1. The zero-order valence-electron chi connectivity index (χ0n) is 15.6. The van der Waals surface area contributed by atoms with Gasteiger partial charge in [0.1, 0.15) is 11.3 Å². The molecule has 1 aliphatic carbocycles. The van der Waals surface area contributed by atoms with Crippen molar-refractivity contribution in [1.82, 2.24) is 0 Å². The Labute approximate surface area is 162 Å². The van der Waals surface area contributed by atoms with Gasteiger partial charge in [0.25, 0.3) is 0 Å². The summed E-state index contributed by atoms with van der Waals surface area (Å²) in [6.07, 6.45) is -0.443. The van der Waals surface area contributed by atoms with Crippen molar-refractivity contribution in [2.45, 2.75) is 13.0 Å². The molecule has 4 aromatic rings. The zero-order valence-corrected chi connectivity index (χ0v) is 15.6. The molecule has 0 unspecified atom stereocenters. The SMILES string of the molecule is COc1ccc2oc(C(=O)OC3c4ccccc4-c4ccccc43)c(C)c2c1. The van der Waals surface area contributed by atoms with E-state index < -0.39 is 12.1 Å². The molecule has 0 aliphatic heterocycles. The summed E-state index contributed by atoms with van der Waals surface area (Å²) in [5.74, 6) is 0.476. The van der Waals surface area contributed by atoms with Crippen LogP contribution in [-0.2, 0) is 4.74 Å². The lowest BCUT2D eigenvalue weighted by molar-refractivity contribution is 0.0350. The second kappa shape index (κ2) is 6.27. The number of ether oxygens (including phenoxy) is 2. The molecule has 4 heteroatoms. The standard InChI is InChI=1S/C24H18O4/c1-14-20-13-15(26-2)11-12-21(20)27-22(14)24(25)28-23-18-9-5-3-7-16(18)17-8-4-6-10-19(17)23/h3-13,23H,1-2H3. The highest BCUT2D eigenvalue weighted by atomic mass is 16.6. The summed E-state index contributed by atoms with van der Waals surface area (Å²) in [4.78, 5) is 13.0. The number of methoxy groups -OCH3 is 1. The van der Waals surface area contributed by atoms with Crippen molar-refractivity contribution in [3.05, 3.63) is 89.2 Å². The molecule has 0 saturated carbocycles. The average molecular weight is 370 g/mol. The van der Waals surface area contributed by atoms with Crippen molar-refractivity contribution in [3.63, 3.8) is 0 Å². The molecule has 0 fully saturated rings. The van der Waals surface area contributed by atoms with Gasteiger partial charge < -0.3 is 13.9 Å². The summed E-state index contributed by atoms with van der Waals surface area (Å²) in [6, 6.07) is 21.5. The minimum Gasteiger partial charge on any atom is -0.497 e. The number of hydrogen-bond acceptors (Lipinski definition) is 4. The number of carbonyl (C=O) groups excluding carboxylic acids is 1. The fraction of sp³-hybridized carbons (Fsp3) is 0.125. The van der Waals surface area contributed by atoms with Crippen LogP contribution in [0.5, 0.6) is 5.75 Å². The number of benzene rings is 3. The van der Waals surface area contributed by atoms with Gasteiger partial charge in [0, 0.05) is 22.1 Å². The highest BCUT2D eigenvalue weighted by molar-refractivity contribution is 5.97. The number of esters is 1. The van der Waals surface area contributed by atoms with Gasteiger partial charge in [-0.15, -0.1) is 0 Å². The lowest BCUT2D eigenvalue weighted by Crippen LogP contribution is -2.11. The molecule has 0 atom stereocenters. The van der Waals surface area contributed by atoms with Gasteiger partial charge in [0.05, 0.1) is 7.11 Å². The normalized spacial score (nSPS) is 12.6. The summed E-state index contributed by atoms with van der Waals surface area (Å²) < 4.78 is 17.0. The Morgan fingerprint density at radius 3 is 2.21 bits per heavy atom. The molecule has 0 spiro atoms. The fourth-order valence-corrected chi connectivity index (χ4v) is 3.92. The second-order valence-electron chi connectivity index (χ2n) is 6.88. The van der Waals surface area contributed by atoms with Gasteiger partial charge in [-0.2, -0.15) is 0 Å². The number of furan rings is 1. The molecule has 0 radical (unpaired) electrons. The molecule has 5 rings (SSSR count). The van der Waals surface area contributed by atoms with Crippen molar-refractivity contribution in [2.75, 3.05) is 7.11 Å². The summed E-state index contributed by atoms with van der Waals surface area (Å²) in [6.45, 7) is 1.86. The van der Waals surface area contributed by atoms with E-state index in [1.165, 1.54) is 0 Å². The van der Waals surface area contributed by atoms with Gasteiger partial charge in [0.2, 0.25) is 5.76 Å². The Morgan fingerprint density at radius 2 is 1.57 bits per heavy atom. The number of rotatable bonds is 3. The predicted molar refractivity (Wildman–Crippen MR) is 107 cm³/mol. The van der Waals surface area contributed by atoms with E-state index in [2.05, 4.69) is 12.1 Å². The molecule has 4 nitrogen and oxygen atoms in total. The molecule has 0 saturated heterocycles. The van der Waals surface area contributed by atoms with Crippen LogP contribution in [0.25, 0.3) is 22.1 Å². The summed E-state index contributed by atoms with van der Waals surface area (Å²) in [5, 5.41) is 0.846. The Hall–Kier alpha value is -3.53. The van der Waals surface area contributed by atoms with E-state index in [0.29, 0.717) is 5.58 Å². The molecular weight excluding hydrogens is 352 g/mol. The molecule has 1 aromatic heterocycles. The van der Waals surface area contributed by atoms with Crippen LogP contribution in [0, 0.1) is 6.92 Å². The monoisotopic (exact) mass is 370 g/mol. The van der Waals surface area contributed by atoms with Crippen molar-refractivity contribution in [3.8, 4) is 16.9 Å². The fourth-order valence-electron chi connectivity index (χ4n) is 3.92. The van der Waals surface area contributed by atoms with Gasteiger partial charge in [-0.3, -0.25) is 0 Å². The molecule has 138 valence electrons. The minimum atomic E-state index is -0.468. The van der Waals surface area contributed by atoms with Crippen molar-refractivity contribution in [1.29, 1.82) is 0 Å². The first-order chi connectivity index (χ1) is 13.7. The highest BCUT2D eigenvalue weighted by Gasteiger charge is 2.32. The van der Waals surface area contributed by atoms with Crippen molar-refractivity contribution in [2.24, 2.45) is 0 Å². The average Bonchev–Trinajstić information content (AvgIpc) is 3.23. The smallest absolute Gasteiger partial charge is 0.375 e. The van der Waals surface area contributed by atoms with Crippen LogP contribution >= 0.6 is 0 Å². The third kappa shape index (κ3) is 2.42. The topological polar surface area (TPSA) is 48.7 Å².